The third kappa shape index (κ3) is 3.87. The zero-order valence-corrected chi connectivity index (χ0v) is 17.0. The van der Waals surface area contributed by atoms with Crippen molar-refractivity contribution < 1.29 is 4.79 Å². The summed E-state index contributed by atoms with van der Waals surface area (Å²) in [5.74, 6) is 0.764. The highest BCUT2D eigenvalue weighted by Crippen LogP contribution is 2.24. The third-order valence-electron chi connectivity index (χ3n) is 4.69. The van der Waals surface area contributed by atoms with Gasteiger partial charge in [0.05, 0.1) is 13.2 Å². The number of amides is 1. The highest BCUT2D eigenvalue weighted by Gasteiger charge is 2.20. The van der Waals surface area contributed by atoms with E-state index < -0.39 is 0 Å². The van der Waals surface area contributed by atoms with Gasteiger partial charge >= 0.3 is 0 Å². The SMILES string of the molecule is Cc1ccc(-n2c(-c3ccc(Cl)cc3)nn(CN3CCNC(=O)C3)c2=S)cc1. The van der Waals surface area contributed by atoms with E-state index in [2.05, 4.69) is 17.4 Å². The van der Waals surface area contributed by atoms with Gasteiger partial charge in [-0.2, -0.15) is 0 Å². The summed E-state index contributed by atoms with van der Waals surface area (Å²) in [4.78, 5) is 13.7. The molecule has 0 radical (unpaired) electrons. The van der Waals surface area contributed by atoms with Crippen molar-refractivity contribution in [3.63, 3.8) is 0 Å². The highest BCUT2D eigenvalue weighted by molar-refractivity contribution is 7.71. The van der Waals surface area contributed by atoms with Crippen molar-refractivity contribution >= 4 is 29.7 Å². The molecule has 0 unspecified atom stereocenters. The summed E-state index contributed by atoms with van der Waals surface area (Å²) in [5.41, 5.74) is 3.05. The largest absolute Gasteiger partial charge is 0.354 e. The van der Waals surface area contributed by atoms with Crippen molar-refractivity contribution in [1.82, 2.24) is 24.6 Å². The minimum Gasteiger partial charge on any atom is -0.354 e. The number of nitrogens with zero attached hydrogens (tertiary/aromatic N) is 4. The molecule has 0 atom stereocenters. The molecule has 4 rings (SSSR count). The second kappa shape index (κ2) is 7.87. The normalized spacial score (nSPS) is 14.9. The molecule has 1 N–H and O–H groups in total. The van der Waals surface area contributed by atoms with Gasteiger partial charge < -0.3 is 5.32 Å². The van der Waals surface area contributed by atoms with Crippen LogP contribution in [0.4, 0.5) is 0 Å². The Hall–Kier alpha value is -2.48. The first kappa shape index (κ1) is 18.9. The van der Waals surface area contributed by atoms with Crippen LogP contribution in [0, 0.1) is 11.7 Å². The van der Waals surface area contributed by atoms with Crippen molar-refractivity contribution in [2.75, 3.05) is 19.6 Å². The first-order chi connectivity index (χ1) is 13.5. The van der Waals surface area contributed by atoms with Crippen LogP contribution in [-0.4, -0.2) is 44.8 Å². The van der Waals surface area contributed by atoms with Gasteiger partial charge in [-0.1, -0.05) is 29.3 Å². The number of rotatable bonds is 4. The van der Waals surface area contributed by atoms with E-state index in [4.69, 9.17) is 28.9 Å². The fourth-order valence-corrected chi connectivity index (χ4v) is 3.63. The number of hydrogen-bond donors (Lipinski definition) is 1. The molecular weight excluding hydrogens is 394 g/mol. The number of nitrogens with one attached hydrogen (secondary N) is 1. The van der Waals surface area contributed by atoms with Crippen LogP contribution in [0.5, 0.6) is 0 Å². The van der Waals surface area contributed by atoms with Crippen LogP contribution in [0.1, 0.15) is 5.56 Å². The van der Waals surface area contributed by atoms with Gasteiger partial charge in [0, 0.05) is 29.4 Å². The average Bonchev–Trinajstić information content (AvgIpc) is 2.99. The van der Waals surface area contributed by atoms with E-state index >= 15 is 0 Å². The molecule has 1 amide bonds. The van der Waals surface area contributed by atoms with Gasteiger partial charge in [0.15, 0.2) is 5.82 Å². The minimum absolute atomic E-state index is 0.0219. The zero-order chi connectivity index (χ0) is 19.7. The monoisotopic (exact) mass is 413 g/mol. The molecule has 28 heavy (non-hydrogen) atoms. The van der Waals surface area contributed by atoms with Crippen LogP contribution in [0.3, 0.4) is 0 Å². The van der Waals surface area contributed by atoms with Crippen LogP contribution in [0.15, 0.2) is 48.5 Å². The first-order valence-electron chi connectivity index (χ1n) is 9.03. The van der Waals surface area contributed by atoms with Crippen LogP contribution >= 0.6 is 23.8 Å². The molecule has 0 aliphatic carbocycles. The number of carbonyl (C=O) groups excluding carboxylic acids is 1. The Morgan fingerprint density at radius 3 is 2.54 bits per heavy atom. The molecular formula is C20H20ClN5OS. The van der Waals surface area contributed by atoms with Crippen LogP contribution < -0.4 is 5.32 Å². The number of aromatic nitrogens is 3. The van der Waals surface area contributed by atoms with Crippen molar-refractivity contribution in [2.24, 2.45) is 0 Å². The zero-order valence-electron chi connectivity index (χ0n) is 15.4. The predicted molar refractivity (Wildman–Crippen MR) is 112 cm³/mol. The average molecular weight is 414 g/mol. The van der Waals surface area contributed by atoms with Gasteiger partial charge in [-0.25, -0.2) is 4.68 Å². The molecule has 1 aliphatic rings. The Bertz CT molecular complexity index is 1060. The Balaban J connectivity index is 1.79. The molecule has 1 fully saturated rings. The predicted octanol–water partition coefficient (Wildman–Crippen LogP) is 3.42. The van der Waals surface area contributed by atoms with Crippen molar-refractivity contribution in [3.8, 4) is 17.1 Å². The molecule has 3 aromatic rings. The van der Waals surface area contributed by atoms with E-state index in [0.29, 0.717) is 29.6 Å². The van der Waals surface area contributed by atoms with Crippen LogP contribution in [-0.2, 0) is 11.5 Å². The molecule has 2 aromatic carbocycles. The van der Waals surface area contributed by atoms with Crippen molar-refractivity contribution in [3.05, 3.63) is 63.9 Å². The maximum Gasteiger partial charge on any atom is 0.234 e. The van der Waals surface area contributed by atoms with E-state index in [1.54, 1.807) is 4.68 Å². The topological polar surface area (TPSA) is 55.1 Å². The maximum absolute atomic E-state index is 11.7. The molecule has 8 heteroatoms. The van der Waals surface area contributed by atoms with E-state index in [1.807, 2.05) is 52.8 Å². The molecule has 6 nitrogen and oxygen atoms in total. The number of carbonyl (C=O) groups is 1. The van der Waals surface area contributed by atoms with Gasteiger partial charge in [-0.3, -0.25) is 14.3 Å². The lowest BCUT2D eigenvalue weighted by Crippen LogP contribution is -2.48. The Labute approximate surface area is 173 Å². The fourth-order valence-electron chi connectivity index (χ4n) is 3.21. The summed E-state index contributed by atoms with van der Waals surface area (Å²) in [7, 11) is 0. The summed E-state index contributed by atoms with van der Waals surface area (Å²) in [6, 6.07) is 15.7. The summed E-state index contributed by atoms with van der Waals surface area (Å²) in [6.45, 7) is 4.26. The smallest absolute Gasteiger partial charge is 0.234 e. The molecule has 0 bridgehead atoms. The molecule has 1 saturated heterocycles. The fraction of sp³-hybridized carbons (Fsp3) is 0.250. The molecule has 144 valence electrons. The Morgan fingerprint density at radius 2 is 1.86 bits per heavy atom. The summed E-state index contributed by atoms with van der Waals surface area (Å²) in [5, 5.41) is 8.29. The molecule has 0 spiro atoms. The van der Waals surface area contributed by atoms with Gasteiger partial charge in [0.1, 0.15) is 0 Å². The van der Waals surface area contributed by atoms with E-state index in [9.17, 15) is 4.79 Å². The standard InChI is InChI=1S/C20H20ClN5OS/c1-14-2-8-17(9-3-14)26-19(15-4-6-16(21)7-5-15)23-25(20(26)28)13-24-11-10-22-18(27)12-24/h2-9H,10-13H2,1H3,(H,22,27). The lowest BCUT2D eigenvalue weighted by molar-refractivity contribution is -0.124. The van der Waals surface area contributed by atoms with Gasteiger partial charge in [0.2, 0.25) is 10.7 Å². The molecule has 1 aromatic heterocycles. The maximum atomic E-state index is 11.7. The highest BCUT2D eigenvalue weighted by atomic mass is 35.5. The van der Waals surface area contributed by atoms with Gasteiger partial charge in [-0.05, 0) is 55.5 Å². The van der Waals surface area contributed by atoms with E-state index in [1.165, 1.54) is 5.56 Å². The Morgan fingerprint density at radius 1 is 1.14 bits per heavy atom. The third-order valence-corrected chi connectivity index (χ3v) is 5.33. The van der Waals surface area contributed by atoms with E-state index in [0.717, 1.165) is 23.6 Å². The lowest BCUT2D eigenvalue weighted by Gasteiger charge is -2.25. The molecule has 1 aliphatic heterocycles. The number of piperazine rings is 1. The second-order valence-corrected chi connectivity index (χ2v) is 7.63. The van der Waals surface area contributed by atoms with Crippen LogP contribution in [0.2, 0.25) is 5.02 Å². The summed E-state index contributed by atoms with van der Waals surface area (Å²) >= 11 is 11.8. The van der Waals surface area contributed by atoms with Crippen molar-refractivity contribution in [1.29, 1.82) is 0 Å². The van der Waals surface area contributed by atoms with Crippen LogP contribution in [0.25, 0.3) is 17.1 Å². The summed E-state index contributed by atoms with van der Waals surface area (Å²) in [6.07, 6.45) is 0. The molecule has 2 heterocycles. The number of aryl methyl sites for hydroxylation is 1. The van der Waals surface area contributed by atoms with Gasteiger partial charge in [0.25, 0.3) is 0 Å². The van der Waals surface area contributed by atoms with Gasteiger partial charge in [-0.15, -0.1) is 5.10 Å². The quantitative estimate of drug-likeness (QED) is 0.666. The lowest BCUT2D eigenvalue weighted by atomic mass is 10.2. The number of halogens is 1. The van der Waals surface area contributed by atoms with E-state index in [-0.39, 0.29) is 5.91 Å². The Kier molecular flexibility index (Phi) is 5.30. The second-order valence-electron chi connectivity index (χ2n) is 6.83. The first-order valence-corrected chi connectivity index (χ1v) is 9.82. The van der Waals surface area contributed by atoms with Crippen molar-refractivity contribution in [2.45, 2.75) is 13.6 Å². The number of hydrogen-bond acceptors (Lipinski definition) is 4. The molecule has 0 saturated carbocycles. The summed E-state index contributed by atoms with van der Waals surface area (Å²) < 4.78 is 4.32. The number of benzene rings is 2. The minimum atomic E-state index is 0.0219.